The first kappa shape index (κ1) is 28.8. The van der Waals surface area contributed by atoms with Crippen molar-refractivity contribution in [1.29, 1.82) is 5.26 Å². The molecule has 41 heavy (non-hydrogen) atoms. The van der Waals surface area contributed by atoms with Crippen molar-refractivity contribution in [3.05, 3.63) is 48.0 Å². The molecule has 3 saturated heterocycles. The summed E-state index contributed by atoms with van der Waals surface area (Å²) in [5.74, 6) is 0.164. The third kappa shape index (κ3) is 5.70. The number of likely N-dealkylation sites (N-methyl/N-ethyl adjacent to an activating group) is 1. The highest BCUT2D eigenvalue weighted by Gasteiger charge is 2.53. The van der Waals surface area contributed by atoms with Gasteiger partial charge in [-0.3, -0.25) is 20.3 Å². The number of likely N-dealkylation sites (tertiary alicyclic amines) is 1. The van der Waals surface area contributed by atoms with Crippen molar-refractivity contribution in [2.24, 2.45) is 11.3 Å². The predicted octanol–water partition coefficient (Wildman–Crippen LogP) is 2.80. The van der Waals surface area contributed by atoms with Crippen molar-refractivity contribution in [3.63, 3.8) is 0 Å². The van der Waals surface area contributed by atoms with Crippen LogP contribution >= 0.6 is 0 Å². The van der Waals surface area contributed by atoms with Gasteiger partial charge in [0, 0.05) is 49.5 Å². The van der Waals surface area contributed by atoms with Crippen LogP contribution in [0.5, 0.6) is 0 Å². The van der Waals surface area contributed by atoms with Crippen LogP contribution in [0.3, 0.4) is 0 Å². The summed E-state index contributed by atoms with van der Waals surface area (Å²) in [7, 11) is 2.16. The average Bonchev–Trinajstić information content (AvgIpc) is 3.40. The molecule has 9 heteroatoms. The zero-order valence-corrected chi connectivity index (χ0v) is 24.3. The van der Waals surface area contributed by atoms with Crippen LogP contribution in [0.1, 0.15) is 49.7 Å². The predicted molar refractivity (Wildman–Crippen MR) is 155 cm³/mol. The quantitative estimate of drug-likeness (QED) is 0.514. The smallest absolute Gasteiger partial charge is 0.246 e. The van der Waals surface area contributed by atoms with Crippen molar-refractivity contribution in [2.75, 3.05) is 39.8 Å². The van der Waals surface area contributed by atoms with E-state index in [9.17, 15) is 10.1 Å². The minimum absolute atomic E-state index is 0.0287. The van der Waals surface area contributed by atoms with E-state index in [0.717, 1.165) is 44.2 Å². The van der Waals surface area contributed by atoms with E-state index in [2.05, 4.69) is 58.3 Å². The van der Waals surface area contributed by atoms with E-state index >= 15 is 4.39 Å². The van der Waals surface area contributed by atoms with E-state index in [1.807, 2.05) is 6.07 Å². The van der Waals surface area contributed by atoms with Crippen LogP contribution < -0.4 is 10.6 Å². The fourth-order valence-electron chi connectivity index (χ4n) is 8.39. The third-order valence-corrected chi connectivity index (χ3v) is 10.8. The Morgan fingerprint density at radius 2 is 2.05 bits per heavy atom. The van der Waals surface area contributed by atoms with Crippen LogP contribution in [-0.4, -0.2) is 97.3 Å². The fourth-order valence-corrected chi connectivity index (χ4v) is 8.39. The van der Waals surface area contributed by atoms with Gasteiger partial charge in [0.1, 0.15) is 6.17 Å². The summed E-state index contributed by atoms with van der Waals surface area (Å²) in [5, 5.41) is 17.1. The van der Waals surface area contributed by atoms with Gasteiger partial charge in [-0.15, -0.1) is 0 Å². The molecular weight excluding hydrogens is 519 g/mol. The Balaban J connectivity index is 1.22. The molecule has 0 bridgehead atoms. The van der Waals surface area contributed by atoms with Crippen LogP contribution in [0.4, 0.5) is 4.39 Å². The zero-order chi connectivity index (χ0) is 28.6. The second-order valence-electron chi connectivity index (χ2n) is 13.0. The number of rotatable bonds is 6. The van der Waals surface area contributed by atoms with Crippen molar-refractivity contribution in [1.82, 2.24) is 25.3 Å². The van der Waals surface area contributed by atoms with Crippen molar-refractivity contribution < 1.29 is 13.9 Å². The van der Waals surface area contributed by atoms with Crippen molar-refractivity contribution in [2.45, 2.75) is 88.2 Å². The van der Waals surface area contributed by atoms with E-state index < -0.39 is 6.17 Å². The summed E-state index contributed by atoms with van der Waals surface area (Å²) in [5.41, 5.74) is 2.09. The maximum Gasteiger partial charge on any atom is 0.246 e. The minimum atomic E-state index is -0.853. The average molecular weight is 565 g/mol. The number of hydrogen-bond donors (Lipinski definition) is 2. The summed E-state index contributed by atoms with van der Waals surface area (Å²) in [4.78, 5) is 19.1. The fraction of sp³-hybridized carbons (Fsp3) is 0.688. The number of halogens is 1. The van der Waals surface area contributed by atoms with Crippen LogP contribution in [0, 0.1) is 22.7 Å². The first-order valence-electron chi connectivity index (χ1n) is 15.5. The maximum absolute atomic E-state index is 16.0. The van der Waals surface area contributed by atoms with E-state index in [4.69, 9.17) is 4.74 Å². The van der Waals surface area contributed by atoms with Gasteiger partial charge in [0.15, 0.2) is 6.35 Å². The number of piperazine rings is 1. The molecule has 1 aromatic rings. The number of carbonyl (C=O) groups is 1. The number of nitrogens with one attached hydrogen (secondary N) is 2. The third-order valence-electron chi connectivity index (χ3n) is 10.8. The van der Waals surface area contributed by atoms with Gasteiger partial charge >= 0.3 is 0 Å². The highest BCUT2D eigenvalue weighted by molar-refractivity contribution is 5.87. The number of fused-ring (bicyclic) bond motifs is 2. The summed E-state index contributed by atoms with van der Waals surface area (Å²) >= 11 is 0. The molecule has 0 aromatic heterocycles. The molecule has 8 nitrogen and oxygen atoms in total. The van der Waals surface area contributed by atoms with E-state index in [-0.39, 0.29) is 48.3 Å². The summed E-state index contributed by atoms with van der Waals surface area (Å²) in [6, 6.07) is 11.0. The molecule has 3 heterocycles. The summed E-state index contributed by atoms with van der Waals surface area (Å²) in [6.45, 7) is 7.31. The van der Waals surface area contributed by atoms with Gasteiger partial charge in [0.2, 0.25) is 5.91 Å². The van der Waals surface area contributed by atoms with Gasteiger partial charge in [0.25, 0.3) is 0 Å². The van der Waals surface area contributed by atoms with Crippen molar-refractivity contribution >= 4 is 5.91 Å². The molecule has 0 radical (unpaired) electrons. The number of ether oxygens (including phenoxy) is 1. The first-order chi connectivity index (χ1) is 19.9. The molecule has 222 valence electrons. The van der Waals surface area contributed by atoms with Crippen LogP contribution in [0.25, 0.3) is 0 Å². The van der Waals surface area contributed by atoms with Gasteiger partial charge in [-0.1, -0.05) is 30.8 Å². The molecule has 1 saturated carbocycles. The highest BCUT2D eigenvalue weighted by atomic mass is 19.1. The number of carbonyl (C=O) groups excluding carboxylic acids is 1. The Kier molecular flexibility index (Phi) is 8.49. The second-order valence-corrected chi connectivity index (χ2v) is 13.0. The minimum Gasteiger partial charge on any atom is -0.348 e. The number of alkyl halides is 1. The molecule has 1 spiro atoms. The standard InChI is InChI=1S/C32H45FN6O2/c1-3-29(40)39-16-15-38(20-24(39)11-13-34)30-26-10-12-32(18-23-8-5-4-7-22(23)17-28(32)33)19-27(26)35-31(36-30)41-21-25-9-6-14-37(25)2/h3-5,7-8,24-28,30-31,35-36H,1,6,9-12,14-21H2,2H3/t24?,25?,26?,27?,28?,30?,31?,32-/m0/s1. The lowest BCUT2D eigenvalue weighted by atomic mass is 9.59. The van der Waals surface area contributed by atoms with Crippen LogP contribution in [0.2, 0.25) is 0 Å². The van der Waals surface area contributed by atoms with E-state index in [1.165, 1.54) is 18.1 Å². The Morgan fingerprint density at radius 1 is 1.22 bits per heavy atom. The topological polar surface area (TPSA) is 83.9 Å². The van der Waals surface area contributed by atoms with E-state index in [0.29, 0.717) is 38.7 Å². The number of amides is 1. The number of nitrogens with zero attached hydrogens (tertiary/aromatic N) is 4. The summed E-state index contributed by atoms with van der Waals surface area (Å²) < 4.78 is 22.5. The highest BCUT2D eigenvalue weighted by Crippen LogP contribution is 2.50. The first-order valence-corrected chi connectivity index (χ1v) is 15.5. The Hall–Kier alpha value is -2.35. The monoisotopic (exact) mass is 564 g/mol. The molecule has 1 aromatic carbocycles. The molecule has 7 unspecified atom stereocenters. The lowest BCUT2D eigenvalue weighted by Gasteiger charge is -2.56. The lowest BCUT2D eigenvalue weighted by molar-refractivity contribution is -0.138. The summed E-state index contributed by atoms with van der Waals surface area (Å²) in [6.07, 6.45) is 6.66. The molecular formula is C32H45FN6O2. The van der Waals surface area contributed by atoms with E-state index in [1.54, 1.807) is 4.90 Å². The molecule has 6 rings (SSSR count). The number of hydrogen-bond acceptors (Lipinski definition) is 7. The van der Waals surface area contributed by atoms with Gasteiger partial charge < -0.3 is 14.5 Å². The molecule has 2 aliphatic carbocycles. The maximum atomic E-state index is 16.0. The number of benzene rings is 1. The molecule has 5 aliphatic rings. The van der Waals surface area contributed by atoms with Crippen molar-refractivity contribution in [3.8, 4) is 6.07 Å². The van der Waals surface area contributed by atoms with Gasteiger partial charge in [-0.05, 0) is 69.3 Å². The molecule has 8 atom stereocenters. The largest absolute Gasteiger partial charge is 0.348 e. The lowest BCUT2D eigenvalue weighted by Crippen LogP contribution is -2.73. The SMILES string of the molecule is C=CC(=O)N1CCN(C2NC(OCC3CCCN3C)NC3C[C@]4(CCC32)Cc2ccccc2CC4F)CC1CC#N. The Labute approximate surface area is 243 Å². The van der Waals surface area contributed by atoms with Gasteiger partial charge in [-0.25, -0.2) is 4.39 Å². The second kappa shape index (κ2) is 12.1. The van der Waals surface area contributed by atoms with Crippen LogP contribution in [0.15, 0.2) is 36.9 Å². The van der Waals surface area contributed by atoms with Crippen LogP contribution in [-0.2, 0) is 22.4 Å². The zero-order valence-electron chi connectivity index (χ0n) is 24.3. The number of nitriles is 1. The molecule has 1 amide bonds. The molecule has 2 N–H and O–H groups in total. The molecule has 4 fully saturated rings. The Morgan fingerprint density at radius 3 is 2.80 bits per heavy atom. The normalized spacial score (nSPS) is 37.8. The van der Waals surface area contributed by atoms with Gasteiger partial charge in [0.05, 0.1) is 31.3 Å². The van der Waals surface area contributed by atoms with Gasteiger partial charge in [-0.2, -0.15) is 5.26 Å². The molecule has 3 aliphatic heterocycles. The Bertz CT molecular complexity index is 1160.